The summed E-state index contributed by atoms with van der Waals surface area (Å²) in [7, 11) is 0. The van der Waals surface area contributed by atoms with Crippen LogP contribution in [-0.4, -0.2) is 27.1 Å². The molecule has 1 fully saturated rings. The van der Waals surface area contributed by atoms with Gasteiger partial charge in [0.1, 0.15) is 23.6 Å². The summed E-state index contributed by atoms with van der Waals surface area (Å²) >= 11 is 0. The summed E-state index contributed by atoms with van der Waals surface area (Å²) < 4.78 is 4.93. The van der Waals surface area contributed by atoms with Gasteiger partial charge in [-0.25, -0.2) is 9.97 Å². The van der Waals surface area contributed by atoms with Crippen LogP contribution in [-0.2, 0) is 0 Å². The molecule has 0 unspecified atom stereocenters. The van der Waals surface area contributed by atoms with Crippen molar-refractivity contribution in [3.8, 4) is 0 Å². The Morgan fingerprint density at radius 1 is 1.13 bits per heavy atom. The average molecular weight is 315 g/mol. The predicted molar refractivity (Wildman–Crippen MR) is 86.3 cm³/mol. The summed E-state index contributed by atoms with van der Waals surface area (Å²) in [6, 6.07) is 3.75. The summed E-state index contributed by atoms with van der Waals surface area (Å²) in [5.74, 6) is 1.38. The second-order valence-corrected chi connectivity index (χ2v) is 5.90. The minimum atomic E-state index is -0.329. The Hall–Kier alpha value is -2.44. The van der Waals surface area contributed by atoms with Crippen LogP contribution in [0.15, 0.2) is 23.0 Å². The second-order valence-electron chi connectivity index (χ2n) is 5.90. The van der Waals surface area contributed by atoms with E-state index < -0.39 is 0 Å². The number of carbonyl (C=O) groups excluding carboxylic acids is 1. The SMILES string of the molecule is Cc1cc(NC(=O)c2cc(NC3CCCCCC3)ncn2)no1. The van der Waals surface area contributed by atoms with Crippen LogP contribution in [0, 0.1) is 6.92 Å². The van der Waals surface area contributed by atoms with Gasteiger partial charge in [-0.1, -0.05) is 30.8 Å². The van der Waals surface area contributed by atoms with Gasteiger partial charge in [0, 0.05) is 18.2 Å². The number of anilines is 2. The van der Waals surface area contributed by atoms with E-state index in [4.69, 9.17) is 4.52 Å². The number of carbonyl (C=O) groups is 1. The lowest BCUT2D eigenvalue weighted by Gasteiger charge is -2.16. The molecule has 0 bridgehead atoms. The van der Waals surface area contributed by atoms with Gasteiger partial charge in [0.15, 0.2) is 5.82 Å². The van der Waals surface area contributed by atoms with E-state index in [9.17, 15) is 4.79 Å². The third kappa shape index (κ3) is 4.28. The molecule has 122 valence electrons. The lowest BCUT2D eigenvalue weighted by Crippen LogP contribution is -2.20. The first-order valence-electron chi connectivity index (χ1n) is 8.04. The first kappa shape index (κ1) is 15.5. The Kier molecular flexibility index (Phi) is 4.85. The molecule has 7 heteroatoms. The lowest BCUT2D eigenvalue weighted by atomic mass is 10.1. The van der Waals surface area contributed by atoms with Crippen molar-refractivity contribution in [3.05, 3.63) is 29.9 Å². The van der Waals surface area contributed by atoms with Crippen LogP contribution < -0.4 is 10.6 Å². The van der Waals surface area contributed by atoms with Crippen LogP contribution in [0.3, 0.4) is 0 Å². The Morgan fingerprint density at radius 2 is 1.91 bits per heavy atom. The van der Waals surface area contributed by atoms with Crippen LogP contribution in [0.25, 0.3) is 0 Å². The van der Waals surface area contributed by atoms with E-state index in [1.165, 1.54) is 32.0 Å². The van der Waals surface area contributed by atoms with Crippen molar-refractivity contribution in [2.24, 2.45) is 0 Å². The number of hydrogen-bond donors (Lipinski definition) is 2. The van der Waals surface area contributed by atoms with Crippen molar-refractivity contribution in [1.82, 2.24) is 15.1 Å². The molecule has 2 aromatic heterocycles. The average Bonchev–Trinajstić information content (AvgIpc) is 2.79. The quantitative estimate of drug-likeness (QED) is 0.842. The molecule has 2 N–H and O–H groups in total. The number of nitrogens with one attached hydrogen (secondary N) is 2. The molecule has 0 atom stereocenters. The van der Waals surface area contributed by atoms with E-state index in [1.807, 2.05) is 0 Å². The molecule has 0 aromatic carbocycles. The Morgan fingerprint density at radius 3 is 2.61 bits per heavy atom. The van der Waals surface area contributed by atoms with E-state index in [0.29, 0.717) is 29.1 Å². The fourth-order valence-corrected chi connectivity index (χ4v) is 2.80. The van der Waals surface area contributed by atoms with Gasteiger partial charge in [-0.3, -0.25) is 4.79 Å². The molecule has 0 spiro atoms. The van der Waals surface area contributed by atoms with Gasteiger partial charge in [0.25, 0.3) is 5.91 Å². The highest BCUT2D eigenvalue weighted by molar-refractivity contribution is 6.02. The van der Waals surface area contributed by atoms with Crippen molar-refractivity contribution in [2.75, 3.05) is 10.6 Å². The molecule has 0 saturated heterocycles. The van der Waals surface area contributed by atoms with Gasteiger partial charge in [0.2, 0.25) is 0 Å². The van der Waals surface area contributed by atoms with Crippen LogP contribution >= 0.6 is 0 Å². The van der Waals surface area contributed by atoms with Gasteiger partial charge >= 0.3 is 0 Å². The molecular formula is C16H21N5O2. The highest BCUT2D eigenvalue weighted by Gasteiger charge is 2.15. The number of aromatic nitrogens is 3. The predicted octanol–water partition coefficient (Wildman–Crippen LogP) is 3.16. The number of aryl methyl sites for hydroxylation is 1. The monoisotopic (exact) mass is 315 g/mol. The molecule has 1 aliphatic rings. The molecule has 1 saturated carbocycles. The molecule has 1 aliphatic carbocycles. The highest BCUT2D eigenvalue weighted by atomic mass is 16.5. The third-order valence-electron chi connectivity index (χ3n) is 3.98. The van der Waals surface area contributed by atoms with E-state index in [1.54, 1.807) is 19.1 Å². The van der Waals surface area contributed by atoms with Crippen LogP contribution in [0.2, 0.25) is 0 Å². The summed E-state index contributed by atoms with van der Waals surface area (Å²) in [5, 5.41) is 9.82. The summed E-state index contributed by atoms with van der Waals surface area (Å²) in [5.41, 5.74) is 0.303. The first-order chi connectivity index (χ1) is 11.2. The maximum Gasteiger partial charge on any atom is 0.275 e. The third-order valence-corrected chi connectivity index (χ3v) is 3.98. The highest BCUT2D eigenvalue weighted by Crippen LogP contribution is 2.20. The van der Waals surface area contributed by atoms with Crippen LogP contribution in [0.4, 0.5) is 11.6 Å². The Bertz CT molecular complexity index is 662. The molecule has 1 amide bonds. The van der Waals surface area contributed by atoms with Gasteiger partial charge < -0.3 is 15.2 Å². The standard InChI is InChI=1S/C16H21N5O2/c1-11-8-15(21-23-11)20-16(22)13-9-14(18-10-17-13)19-12-6-4-2-3-5-7-12/h8-10,12H,2-7H2,1H3,(H,17,18,19)(H,20,21,22). The zero-order chi connectivity index (χ0) is 16.1. The van der Waals surface area contributed by atoms with Gasteiger partial charge in [-0.15, -0.1) is 0 Å². The minimum absolute atomic E-state index is 0.303. The summed E-state index contributed by atoms with van der Waals surface area (Å²) in [6.07, 6.45) is 8.76. The molecule has 0 radical (unpaired) electrons. The molecule has 0 aliphatic heterocycles. The topological polar surface area (TPSA) is 92.9 Å². The summed E-state index contributed by atoms with van der Waals surface area (Å²) in [6.45, 7) is 1.77. The fourth-order valence-electron chi connectivity index (χ4n) is 2.80. The Balaban J connectivity index is 1.65. The van der Waals surface area contributed by atoms with Crippen LogP contribution in [0.5, 0.6) is 0 Å². The molecular weight excluding hydrogens is 294 g/mol. The number of amides is 1. The van der Waals surface area contributed by atoms with Crippen molar-refractivity contribution in [2.45, 2.75) is 51.5 Å². The molecule has 3 rings (SSSR count). The maximum absolute atomic E-state index is 12.2. The van der Waals surface area contributed by atoms with Crippen molar-refractivity contribution < 1.29 is 9.32 Å². The molecule has 2 aromatic rings. The zero-order valence-corrected chi connectivity index (χ0v) is 13.2. The van der Waals surface area contributed by atoms with Gasteiger partial charge in [-0.05, 0) is 19.8 Å². The Labute approximate surface area is 134 Å². The van der Waals surface area contributed by atoms with Gasteiger partial charge in [0.05, 0.1) is 0 Å². The van der Waals surface area contributed by atoms with Crippen molar-refractivity contribution in [1.29, 1.82) is 0 Å². The normalized spacial score (nSPS) is 15.9. The smallest absolute Gasteiger partial charge is 0.275 e. The number of rotatable bonds is 4. The van der Waals surface area contributed by atoms with E-state index in [-0.39, 0.29) is 5.91 Å². The molecule has 7 nitrogen and oxygen atoms in total. The molecule has 23 heavy (non-hydrogen) atoms. The largest absolute Gasteiger partial charge is 0.367 e. The minimum Gasteiger partial charge on any atom is -0.367 e. The van der Waals surface area contributed by atoms with Crippen LogP contribution in [0.1, 0.15) is 54.8 Å². The van der Waals surface area contributed by atoms with Crippen molar-refractivity contribution >= 4 is 17.5 Å². The maximum atomic E-state index is 12.2. The van der Waals surface area contributed by atoms with E-state index in [2.05, 4.69) is 25.8 Å². The van der Waals surface area contributed by atoms with E-state index >= 15 is 0 Å². The molecule has 2 heterocycles. The first-order valence-corrected chi connectivity index (χ1v) is 8.04. The van der Waals surface area contributed by atoms with E-state index in [0.717, 1.165) is 12.8 Å². The van der Waals surface area contributed by atoms with Gasteiger partial charge in [-0.2, -0.15) is 0 Å². The number of nitrogens with zero attached hydrogens (tertiary/aromatic N) is 3. The lowest BCUT2D eigenvalue weighted by molar-refractivity contribution is 0.102. The van der Waals surface area contributed by atoms with Crippen molar-refractivity contribution in [3.63, 3.8) is 0 Å². The second kappa shape index (κ2) is 7.21. The number of hydrogen-bond acceptors (Lipinski definition) is 6. The zero-order valence-electron chi connectivity index (χ0n) is 13.2. The fraction of sp³-hybridized carbons (Fsp3) is 0.500. The summed E-state index contributed by atoms with van der Waals surface area (Å²) in [4.78, 5) is 20.5.